The van der Waals surface area contributed by atoms with E-state index in [4.69, 9.17) is 9.84 Å². The topological polar surface area (TPSA) is 66.8 Å². The van der Waals surface area contributed by atoms with Crippen LogP contribution in [-0.2, 0) is 4.74 Å². The smallest absolute Gasteiger partial charge is 0.336 e. The van der Waals surface area contributed by atoms with Crippen LogP contribution in [0.1, 0.15) is 33.6 Å². The minimum absolute atomic E-state index is 0.0813. The number of benzene rings is 1. The Kier molecular flexibility index (Phi) is 4.77. The Morgan fingerprint density at radius 3 is 2.65 bits per heavy atom. The maximum absolute atomic E-state index is 12.5. The van der Waals surface area contributed by atoms with Gasteiger partial charge in [0.15, 0.2) is 0 Å². The highest BCUT2D eigenvalue weighted by Crippen LogP contribution is 2.29. The first kappa shape index (κ1) is 15.0. The molecule has 1 aromatic carbocycles. The zero-order chi connectivity index (χ0) is 14.7. The van der Waals surface area contributed by atoms with Crippen molar-refractivity contribution in [3.63, 3.8) is 0 Å². The largest absolute Gasteiger partial charge is 0.478 e. The monoisotopic (exact) mass is 341 g/mol. The Labute approximate surface area is 125 Å². The first-order valence-electron chi connectivity index (χ1n) is 6.37. The van der Waals surface area contributed by atoms with E-state index in [0.29, 0.717) is 23.2 Å². The lowest BCUT2D eigenvalue weighted by Crippen LogP contribution is -2.35. The van der Waals surface area contributed by atoms with Crippen molar-refractivity contribution < 1.29 is 19.4 Å². The molecule has 0 aromatic heterocycles. The lowest BCUT2D eigenvalue weighted by Gasteiger charge is -2.22. The summed E-state index contributed by atoms with van der Waals surface area (Å²) in [5, 5.41) is 8.98. The highest BCUT2D eigenvalue weighted by molar-refractivity contribution is 9.10. The standard InChI is InChI=1S/C14H16BrNO4/c1-20-7-6-16(10-3-4-10)13(17)9-2-5-11(14(18)19)12(15)8-9/h2,5,8,10H,3-4,6-7H2,1H3,(H,18,19). The predicted molar refractivity (Wildman–Crippen MR) is 77.0 cm³/mol. The van der Waals surface area contributed by atoms with Crippen LogP contribution in [-0.4, -0.2) is 48.2 Å². The Balaban J connectivity index is 2.18. The molecule has 5 nitrogen and oxygen atoms in total. The molecule has 1 amide bonds. The molecule has 6 heteroatoms. The number of carbonyl (C=O) groups excluding carboxylic acids is 1. The summed E-state index contributed by atoms with van der Waals surface area (Å²) in [6.07, 6.45) is 2.04. The maximum Gasteiger partial charge on any atom is 0.336 e. The van der Waals surface area contributed by atoms with E-state index in [1.165, 1.54) is 6.07 Å². The summed E-state index contributed by atoms with van der Waals surface area (Å²) in [6, 6.07) is 4.85. The highest BCUT2D eigenvalue weighted by Gasteiger charge is 2.32. The molecule has 1 fully saturated rings. The Bertz CT molecular complexity index is 528. The summed E-state index contributed by atoms with van der Waals surface area (Å²) < 4.78 is 5.44. The quantitative estimate of drug-likeness (QED) is 0.862. The van der Waals surface area contributed by atoms with E-state index in [9.17, 15) is 9.59 Å². The molecule has 0 saturated heterocycles. The first-order chi connectivity index (χ1) is 9.54. The van der Waals surface area contributed by atoms with Crippen molar-refractivity contribution in [1.29, 1.82) is 0 Å². The van der Waals surface area contributed by atoms with Crippen molar-refractivity contribution in [1.82, 2.24) is 4.90 Å². The van der Waals surface area contributed by atoms with Crippen LogP contribution in [0.4, 0.5) is 0 Å². The number of hydrogen-bond donors (Lipinski definition) is 1. The molecule has 1 aliphatic carbocycles. The summed E-state index contributed by atoms with van der Waals surface area (Å²) in [5.41, 5.74) is 0.640. The number of carbonyl (C=O) groups is 2. The van der Waals surface area contributed by atoms with E-state index in [0.717, 1.165) is 12.8 Å². The normalized spacial score (nSPS) is 14.1. The zero-order valence-corrected chi connectivity index (χ0v) is 12.7. The van der Waals surface area contributed by atoms with Gasteiger partial charge in [-0.1, -0.05) is 0 Å². The van der Waals surface area contributed by atoms with Crippen molar-refractivity contribution in [2.75, 3.05) is 20.3 Å². The van der Waals surface area contributed by atoms with Crippen LogP contribution in [0, 0.1) is 0 Å². The molecule has 0 bridgehead atoms. The lowest BCUT2D eigenvalue weighted by atomic mass is 10.1. The zero-order valence-electron chi connectivity index (χ0n) is 11.1. The summed E-state index contributed by atoms with van der Waals surface area (Å²) >= 11 is 3.19. The Morgan fingerprint density at radius 2 is 2.15 bits per heavy atom. The van der Waals surface area contributed by atoms with Crippen LogP contribution in [0.2, 0.25) is 0 Å². The molecule has 20 heavy (non-hydrogen) atoms. The summed E-state index contributed by atoms with van der Waals surface area (Å²) in [7, 11) is 1.60. The van der Waals surface area contributed by atoms with Crippen LogP contribution >= 0.6 is 15.9 Å². The molecule has 2 rings (SSSR count). The third-order valence-electron chi connectivity index (χ3n) is 3.23. The molecular formula is C14H16BrNO4. The molecule has 1 saturated carbocycles. The number of rotatable bonds is 6. The third-order valence-corrected chi connectivity index (χ3v) is 3.89. The van der Waals surface area contributed by atoms with Crippen molar-refractivity contribution in [2.45, 2.75) is 18.9 Å². The van der Waals surface area contributed by atoms with Gasteiger partial charge in [-0.2, -0.15) is 0 Å². The van der Waals surface area contributed by atoms with Gasteiger partial charge in [-0.25, -0.2) is 4.79 Å². The predicted octanol–water partition coefficient (Wildman–Crippen LogP) is 2.40. The average Bonchev–Trinajstić information content (AvgIpc) is 3.23. The number of hydrogen-bond acceptors (Lipinski definition) is 3. The number of ether oxygens (including phenoxy) is 1. The van der Waals surface area contributed by atoms with Gasteiger partial charge in [0.2, 0.25) is 0 Å². The number of aromatic carboxylic acids is 1. The van der Waals surface area contributed by atoms with E-state index >= 15 is 0 Å². The van der Waals surface area contributed by atoms with E-state index in [2.05, 4.69) is 15.9 Å². The van der Waals surface area contributed by atoms with E-state index in [1.807, 2.05) is 0 Å². The van der Waals surface area contributed by atoms with Crippen molar-refractivity contribution >= 4 is 27.8 Å². The molecule has 1 aliphatic rings. The fourth-order valence-corrected chi connectivity index (χ4v) is 2.56. The van der Waals surface area contributed by atoms with Gasteiger partial charge in [0.1, 0.15) is 0 Å². The van der Waals surface area contributed by atoms with Gasteiger partial charge >= 0.3 is 5.97 Å². The average molecular weight is 342 g/mol. The fourth-order valence-electron chi connectivity index (χ4n) is 2.01. The van der Waals surface area contributed by atoms with E-state index in [1.54, 1.807) is 24.1 Å². The van der Waals surface area contributed by atoms with E-state index < -0.39 is 5.97 Å². The van der Waals surface area contributed by atoms with E-state index in [-0.39, 0.29) is 17.5 Å². The second-order valence-corrected chi connectivity index (χ2v) is 5.58. The van der Waals surface area contributed by atoms with Crippen molar-refractivity contribution in [3.8, 4) is 0 Å². The second-order valence-electron chi connectivity index (χ2n) is 4.72. The Morgan fingerprint density at radius 1 is 1.45 bits per heavy atom. The molecule has 0 atom stereocenters. The molecule has 0 unspecified atom stereocenters. The molecule has 108 valence electrons. The minimum Gasteiger partial charge on any atom is -0.478 e. The summed E-state index contributed by atoms with van der Waals surface area (Å²) in [5.74, 6) is -1.10. The van der Waals surface area contributed by atoms with Gasteiger partial charge in [0.25, 0.3) is 5.91 Å². The SMILES string of the molecule is COCCN(C(=O)c1ccc(C(=O)O)c(Br)c1)C1CC1. The molecular weight excluding hydrogens is 326 g/mol. The molecule has 1 N–H and O–H groups in total. The van der Waals surface area contributed by atoms with Gasteiger partial charge < -0.3 is 14.7 Å². The fraction of sp³-hybridized carbons (Fsp3) is 0.429. The summed E-state index contributed by atoms with van der Waals surface area (Å²) in [6.45, 7) is 1.05. The summed E-state index contributed by atoms with van der Waals surface area (Å²) in [4.78, 5) is 25.2. The molecule has 0 heterocycles. The van der Waals surface area contributed by atoms with Gasteiger partial charge in [0.05, 0.1) is 12.2 Å². The van der Waals surface area contributed by atoms with Crippen LogP contribution < -0.4 is 0 Å². The third kappa shape index (κ3) is 3.37. The number of halogens is 1. The number of carboxylic acids is 1. The number of amides is 1. The molecule has 0 aliphatic heterocycles. The van der Waals surface area contributed by atoms with Gasteiger partial charge in [-0.3, -0.25) is 4.79 Å². The Hall–Kier alpha value is -1.40. The maximum atomic E-state index is 12.5. The van der Waals surface area contributed by atoms with Crippen LogP contribution in [0.15, 0.2) is 22.7 Å². The lowest BCUT2D eigenvalue weighted by molar-refractivity contribution is 0.0672. The number of nitrogens with zero attached hydrogens (tertiary/aromatic N) is 1. The highest BCUT2D eigenvalue weighted by atomic mass is 79.9. The van der Waals surface area contributed by atoms with Crippen molar-refractivity contribution in [2.24, 2.45) is 0 Å². The number of carboxylic acid groups (broad SMARTS) is 1. The van der Waals surface area contributed by atoms with Crippen molar-refractivity contribution in [3.05, 3.63) is 33.8 Å². The molecule has 1 aromatic rings. The second kappa shape index (κ2) is 6.37. The first-order valence-corrected chi connectivity index (χ1v) is 7.16. The molecule has 0 radical (unpaired) electrons. The van der Waals surface area contributed by atoms with Gasteiger partial charge in [-0.05, 0) is 47.0 Å². The number of methoxy groups -OCH3 is 1. The molecule has 0 spiro atoms. The van der Waals surface area contributed by atoms with Crippen LogP contribution in [0.25, 0.3) is 0 Å². The minimum atomic E-state index is -1.02. The van der Waals surface area contributed by atoms with Gasteiger partial charge in [-0.15, -0.1) is 0 Å². The van der Waals surface area contributed by atoms with Crippen LogP contribution in [0.3, 0.4) is 0 Å². The van der Waals surface area contributed by atoms with Crippen LogP contribution in [0.5, 0.6) is 0 Å². The van der Waals surface area contributed by atoms with Gasteiger partial charge in [0, 0.05) is 29.7 Å².